The lowest BCUT2D eigenvalue weighted by Gasteiger charge is -2.16. The molecule has 18 heavy (non-hydrogen) atoms. The zero-order chi connectivity index (χ0) is 13.3. The van der Waals surface area contributed by atoms with Crippen molar-refractivity contribution < 1.29 is 4.79 Å². The first-order valence-corrected chi connectivity index (χ1v) is 6.39. The van der Waals surface area contributed by atoms with Crippen molar-refractivity contribution in [1.29, 1.82) is 0 Å². The molecule has 0 aliphatic heterocycles. The molecule has 3 nitrogen and oxygen atoms in total. The van der Waals surface area contributed by atoms with E-state index in [0.717, 1.165) is 35.1 Å². The molecule has 0 bridgehead atoms. The number of aromatic amines is 1. The topological polar surface area (TPSA) is 36.1 Å². The molecule has 2 rings (SSSR count). The fraction of sp³-hybridized carbons (Fsp3) is 0.400. The number of hydrogen-bond donors (Lipinski definition) is 1. The molecule has 0 fully saturated rings. The molecule has 2 aromatic rings. The van der Waals surface area contributed by atoms with Gasteiger partial charge in [0.05, 0.1) is 0 Å². The van der Waals surface area contributed by atoms with E-state index in [0.29, 0.717) is 0 Å². The van der Waals surface area contributed by atoms with Gasteiger partial charge in [0, 0.05) is 35.8 Å². The minimum atomic E-state index is 0.0944. The van der Waals surface area contributed by atoms with E-state index in [1.807, 2.05) is 25.2 Å². The van der Waals surface area contributed by atoms with Crippen molar-refractivity contribution in [3.8, 4) is 0 Å². The van der Waals surface area contributed by atoms with E-state index in [4.69, 9.17) is 0 Å². The van der Waals surface area contributed by atoms with Crippen LogP contribution in [-0.2, 0) is 0 Å². The van der Waals surface area contributed by atoms with E-state index >= 15 is 0 Å². The Balaban J connectivity index is 2.40. The van der Waals surface area contributed by atoms with E-state index < -0.39 is 0 Å². The van der Waals surface area contributed by atoms with E-state index in [1.165, 1.54) is 5.56 Å². The Bertz CT molecular complexity index is 583. The maximum absolute atomic E-state index is 12.2. The van der Waals surface area contributed by atoms with Gasteiger partial charge in [0.2, 0.25) is 0 Å². The second-order valence-corrected chi connectivity index (χ2v) is 4.86. The fourth-order valence-electron chi connectivity index (χ4n) is 2.25. The van der Waals surface area contributed by atoms with Crippen LogP contribution in [0.2, 0.25) is 0 Å². The highest BCUT2D eigenvalue weighted by Crippen LogP contribution is 2.22. The van der Waals surface area contributed by atoms with Crippen LogP contribution < -0.4 is 0 Å². The molecule has 1 aromatic carbocycles. The van der Waals surface area contributed by atoms with Gasteiger partial charge in [-0.2, -0.15) is 0 Å². The van der Waals surface area contributed by atoms with Crippen LogP contribution in [0.1, 0.15) is 35.0 Å². The highest BCUT2D eigenvalue weighted by atomic mass is 16.2. The molecule has 0 saturated carbocycles. The monoisotopic (exact) mass is 244 g/mol. The molecule has 0 radical (unpaired) electrons. The minimum Gasteiger partial charge on any atom is -0.358 e. The number of amides is 1. The van der Waals surface area contributed by atoms with Gasteiger partial charge in [0.15, 0.2) is 0 Å². The van der Waals surface area contributed by atoms with Crippen molar-refractivity contribution in [3.63, 3.8) is 0 Å². The molecule has 3 heteroatoms. The maximum atomic E-state index is 12.2. The molecular formula is C15H20N2O. The molecule has 0 aliphatic carbocycles. The van der Waals surface area contributed by atoms with Gasteiger partial charge in [-0.05, 0) is 44.0 Å². The Kier molecular flexibility index (Phi) is 3.41. The van der Waals surface area contributed by atoms with Crippen LogP contribution in [-0.4, -0.2) is 29.4 Å². The SMILES string of the molecule is CCCN(C)C(=O)c1ccc2[nH]c(C)c(C)c2c1. The maximum Gasteiger partial charge on any atom is 0.253 e. The first kappa shape index (κ1) is 12.7. The average Bonchev–Trinajstić information content (AvgIpc) is 2.64. The van der Waals surface area contributed by atoms with E-state index in [9.17, 15) is 4.79 Å². The molecule has 1 heterocycles. The first-order valence-electron chi connectivity index (χ1n) is 6.39. The number of benzene rings is 1. The van der Waals surface area contributed by atoms with Crippen molar-refractivity contribution >= 4 is 16.8 Å². The van der Waals surface area contributed by atoms with Crippen molar-refractivity contribution in [2.24, 2.45) is 0 Å². The molecule has 0 unspecified atom stereocenters. The highest BCUT2D eigenvalue weighted by Gasteiger charge is 2.13. The van der Waals surface area contributed by atoms with Crippen LogP contribution in [0.15, 0.2) is 18.2 Å². The molecular weight excluding hydrogens is 224 g/mol. The number of aryl methyl sites for hydroxylation is 2. The van der Waals surface area contributed by atoms with Crippen LogP contribution >= 0.6 is 0 Å². The number of hydrogen-bond acceptors (Lipinski definition) is 1. The van der Waals surface area contributed by atoms with Crippen molar-refractivity contribution in [3.05, 3.63) is 35.0 Å². The third kappa shape index (κ3) is 2.13. The summed E-state index contributed by atoms with van der Waals surface area (Å²) in [5, 5.41) is 1.14. The number of rotatable bonds is 3. The van der Waals surface area contributed by atoms with Crippen molar-refractivity contribution in [2.75, 3.05) is 13.6 Å². The van der Waals surface area contributed by atoms with Crippen molar-refractivity contribution in [2.45, 2.75) is 27.2 Å². The van der Waals surface area contributed by atoms with Crippen LogP contribution in [0.25, 0.3) is 10.9 Å². The Morgan fingerprint density at radius 1 is 1.33 bits per heavy atom. The first-order chi connectivity index (χ1) is 8.54. The predicted molar refractivity (Wildman–Crippen MR) is 75.0 cm³/mol. The van der Waals surface area contributed by atoms with Crippen LogP contribution in [0, 0.1) is 13.8 Å². The highest BCUT2D eigenvalue weighted by molar-refractivity contribution is 5.98. The van der Waals surface area contributed by atoms with Gasteiger partial charge in [-0.15, -0.1) is 0 Å². The van der Waals surface area contributed by atoms with E-state index in [1.54, 1.807) is 4.90 Å². The number of nitrogens with one attached hydrogen (secondary N) is 1. The van der Waals surface area contributed by atoms with E-state index in [-0.39, 0.29) is 5.91 Å². The summed E-state index contributed by atoms with van der Waals surface area (Å²) < 4.78 is 0. The Morgan fingerprint density at radius 3 is 2.72 bits per heavy atom. The molecule has 1 amide bonds. The molecule has 0 atom stereocenters. The molecule has 0 spiro atoms. The van der Waals surface area contributed by atoms with Crippen molar-refractivity contribution in [1.82, 2.24) is 9.88 Å². The van der Waals surface area contributed by atoms with Crippen LogP contribution in [0.3, 0.4) is 0 Å². The second kappa shape index (κ2) is 4.84. The summed E-state index contributed by atoms with van der Waals surface area (Å²) in [6, 6.07) is 5.87. The molecule has 1 aromatic heterocycles. The Labute approximate surface area is 108 Å². The summed E-state index contributed by atoms with van der Waals surface area (Å²) in [6.45, 7) is 7.01. The lowest BCUT2D eigenvalue weighted by Crippen LogP contribution is -2.27. The smallest absolute Gasteiger partial charge is 0.253 e. The molecule has 0 aliphatic rings. The zero-order valence-electron chi connectivity index (χ0n) is 11.5. The average molecular weight is 244 g/mol. The summed E-state index contributed by atoms with van der Waals surface area (Å²) in [4.78, 5) is 17.3. The van der Waals surface area contributed by atoms with Crippen LogP contribution in [0.5, 0.6) is 0 Å². The third-order valence-corrected chi connectivity index (χ3v) is 3.46. The lowest BCUT2D eigenvalue weighted by atomic mass is 10.1. The number of nitrogens with zero attached hydrogens (tertiary/aromatic N) is 1. The molecule has 1 N–H and O–H groups in total. The summed E-state index contributed by atoms with van der Waals surface area (Å²) in [6.07, 6.45) is 0.979. The minimum absolute atomic E-state index is 0.0944. The van der Waals surface area contributed by atoms with E-state index in [2.05, 4.69) is 25.8 Å². The van der Waals surface area contributed by atoms with Gasteiger partial charge < -0.3 is 9.88 Å². The lowest BCUT2D eigenvalue weighted by molar-refractivity contribution is 0.0795. The number of aromatic nitrogens is 1. The predicted octanol–water partition coefficient (Wildman–Crippen LogP) is 3.27. The Hall–Kier alpha value is -1.77. The number of fused-ring (bicyclic) bond motifs is 1. The molecule has 96 valence electrons. The van der Waals surface area contributed by atoms with Gasteiger partial charge in [0.25, 0.3) is 5.91 Å². The van der Waals surface area contributed by atoms with Crippen LogP contribution in [0.4, 0.5) is 0 Å². The molecule has 0 saturated heterocycles. The second-order valence-electron chi connectivity index (χ2n) is 4.86. The van der Waals surface area contributed by atoms with Gasteiger partial charge in [-0.25, -0.2) is 0 Å². The summed E-state index contributed by atoms with van der Waals surface area (Å²) in [5.41, 5.74) is 4.24. The number of H-pyrrole nitrogens is 1. The zero-order valence-corrected chi connectivity index (χ0v) is 11.5. The van der Waals surface area contributed by atoms with Gasteiger partial charge in [-0.3, -0.25) is 4.79 Å². The van der Waals surface area contributed by atoms with Gasteiger partial charge in [-0.1, -0.05) is 6.92 Å². The summed E-state index contributed by atoms with van der Waals surface area (Å²) >= 11 is 0. The van der Waals surface area contributed by atoms with Gasteiger partial charge in [0.1, 0.15) is 0 Å². The summed E-state index contributed by atoms with van der Waals surface area (Å²) in [5.74, 6) is 0.0944. The summed E-state index contributed by atoms with van der Waals surface area (Å²) in [7, 11) is 1.85. The fourth-order valence-corrected chi connectivity index (χ4v) is 2.25. The Morgan fingerprint density at radius 2 is 2.06 bits per heavy atom. The normalized spacial score (nSPS) is 10.9. The third-order valence-electron chi connectivity index (χ3n) is 3.46. The largest absolute Gasteiger partial charge is 0.358 e. The number of carbonyl (C=O) groups excluding carboxylic acids is 1. The number of carbonyl (C=O) groups is 1. The van der Waals surface area contributed by atoms with Gasteiger partial charge >= 0.3 is 0 Å². The standard InChI is InChI=1S/C15H20N2O/c1-5-8-17(4)15(18)12-6-7-14-13(9-12)10(2)11(3)16-14/h6-7,9,16H,5,8H2,1-4H3. The quantitative estimate of drug-likeness (QED) is 0.883.